The summed E-state index contributed by atoms with van der Waals surface area (Å²) in [5, 5.41) is 15.7. The summed E-state index contributed by atoms with van der Waals surface area (Å²) in [5.74, 6) is 0. The molecule has 0 amide bonds. The summed E-state index contributed by atoms with van der Waals surface area (Å²) in [7, 11) is 0. The molecular formula is C40H27N3S2. The van der Waals surface area contributed by atoms with Crippen molar-refractivity contribution in [1.29, 1.82) is 0 Å². The zero-order valence-corrected chi connectivity index (χ0v) is 25.9. The first-order valence-electron chi connectivity index (χ1n) is 15.4. The van der Waals surface area contributed by atoms with Crippen LogP contribution >= 0.6 is 22.7 Å². The van der Waals surface area contributed by atoms with Gasteiger partial charge in [0, 0.05) is 68.9 Å². The summed E-state index contributed by atoms with van der Waals surface area (Å²) in [5.41, 5.74) is 7.35. The molecule has 0 radical (unpaired) electrons. The predicted molar refractivity (Wildman–Crippen MR) is 195 cm³/mol. The number of thiophene rings is 2. The van der Waals surface area contributed by atoms with E-state index in [0.29, 0.717) is 0 Å². The van der Waals surface area contributed by atoms with Crippen molar-refractivity contribution >= 4 is 90.5 Å². The van der Waals surface area contributed by atoms with Crippen molar-refractivity contribution in [3.63, 3.8) is 0 Å². The summed E-state index contributed by atoms with van der Waals surface area (Å²) in [4.78, 5) is 0. The molecule has 0 saturated heterocycles. The molecule has 0 aliphatic carbocycles. The van der Waals surface area contributed by atoms with Gasteiger partial charge in [-0.15, -0.1) is 22.7 Å². The Morgan fingerprint density at radius 1 is 0.556 bits per heavy atom. The van der Waals surface area contributed by atoms with Gasteiger partial charge in [-0.2, -0.15) is 0 Å². The van der Waals surface area contributed by atoms with Crippen LogP contribution in [0.1, 0.15) is 11.9 Å². The van der Waals surface area contributed by atoms with Crippen molar-refractivity contribution in [2.75, 3.05) is 6.54 Å². The summed E-state index contributed by atoms with van der Waals surface area (Å²) >= 11 is 3.79. The summed E-state index contributed by atoms with van der Waals surface area (Å²) in [6, 6.07) is 46.6. The second-order valence-electron chi connectivity index (χ2n) is 11.8. The van der Waals surface area contributed by atoms with Gasteiger partial charge < -0.3 is 9.88 Å². The average Bonchev–Trinajstić information content (AvgIpc) is 3.77. The van der Waals surface area contributed by atoms with Gasteiger partial charge in [0.05, 0.1) is 11.0 Å². The smallest absolute Gasteiger partial charge is 0.160 e. The molecule has 1 aliphatic heterocycles. The van der Waals surface area contributed by atoms with E-state index in [1.165, 1.54) is 84.5 Å². The molecule has 4 heterocycles. The largest absolute Gasteiger partial charge is 0.352 e. The van der Waals surface area contributed by atoms with Crippen LogP contribution in [-0.2, 0) is 0 Å². The molecule has 214 valence electrons. The van der Waals surface area contributed by atoms with Crippen LogP contribution in [0, 0.1) is 0 Å². The van der Waals surface area contributed by atoms with Gasteiger partial charge in [-0.1, -0.05) is 103 Å². The molecule has 6 aromatic carbocycles. The first kappa shape index (κ1) is 25.4. The average molecular weight is 614 g/mol. The van der Waals surface area contributed by atoms with Gasteiger partial charge in [0.25, 0.3) is 0 Å². The van der Waals surface area contributed by atoms with Crippen molar-refractivity contribution in [2.24, 2.45) is 0 Å². The SMILES string of the molecule is C1=C(c2cccc3c2sc2ccccc23)NC(n2c3cc(-c4ccccc4)ccc3c3c4sc5ccccc5c4ccc32)NC1. The third-order valence-corrected chi connectivity index (χ3v) is 11.7. The lowest BCUT2D eigenvalue weighted by molar-refractivity contribution is 0.396. The second kappa shape index (κ2) is 9.78. The lowest BCUT2D eigenvalue weighted by Crippen LogP contribution is -2.41. The molecule has 45 heavy (non-hydrogen) atoms. The Bertz CT molecular complexity index is 2640. The Morgan fingerprint density at radius 3 is 2.07 bits per heavy atom. The molecule has 10 rings (SSSR count). The predicted octanol–water partition coefficient (Wildman–Crippen LogP) is 10.9. The molecule has 2 N–H and O–H groups in total. The molecule has 9 aromatic rings. The van der Waals surface area contributed by atoms with Crippen molar-refractivity contribution < 1.29 is 0 Å². The molecule has 0 bridgehead atoms. The van der Waals surface area contributed by atoms with E-state index in [0.717, 1.165) is 6.54 Å². The highest BCUT2D eigenvalue weighted by Gasteiger charge is 2.25. The highest BCUT2D eigenvalue weighted by Crippen LogP contribution is 2.44. The number of rotatable bonds is 3. The Labute approximate surface area is 267 Å². The van der Waals surface area contributed by atoms with Gasteiger partial charge in [-0.3, -0.25) is 5.32 Å². The second-order valence-corrected chi connectivity index (χ2v) is 13.9. The Hall–Kier alpha value is -4.94. The molecule has 3 aromatic heterocycles. The fourth-order valence-corrected chi connectivity index (χ4v) is 9.72. The summed E-state index contributed by atoms with van der Waals surface area (Å²) in [6.45, 7) is 0.777. The van der Waals surface area contributed by atoms with Crippen LogP contribution in [0.15, 0.2) is 133 Å². The molecule has 1 unspecified atom stereocenters. The van der Waals surface area contributed by atoms with E-state index in [4.69, 9.17) is 0 Å². The van der Waals surface area contributed by atoms with E-state index < -0.39 is 0 Å². The van der Waals surface area contributed by atoms with E-state index >= 15 is 0 Å². The maximum absolute atomic E-state index is 3.95. The number of nitrogens with zero attached hydrogens (tertiary/aromatic N) is 1. The molecule has 1 atom stereocenters. The summed E-state index contributed by atoms with van der Waals surface area (Å²) < 4.78 is 7.83. The van der Waals surface area contributed by atoms with Gasteiger partial charge >= 0.3 is 0 Å². The molecule has 0 saturated carbocycles. The van der Waals surface area contributed by atoms with Gasteiger partial charge in [0.15, 0.2) is 6.29 Å². The monoisotopic (exact) mass is 613 g/mol. The lowest BCUT2D eigenvalue weighted by atomic mass is 10.0. The van der Waals surface area contributed by atoms with E-state index in [2.05, 4.69) is 149 Å². The highest BCUT2D eigenvalue weighted by molar-refractivity contribution is 7.27. The van der Waals surface area contributed by atoms with Crippen LogP contribution in [-0.4, -0.2) is 11.1 Å². The molecule has 5 heteroatoms. The van der Waals surface area contributed by atoms with E-state index in [-0.39, 0.29) is 6.29 Å². The third-order valence-electron chi connectivity index (χ3n) is 9.28. The molecular weight excluding hydrogens is 587 g/mol. The first-order valence-corrected chi connectivity index (χ1v) is 17.0. The fourth-order valence-electron chi connectivity index (χ4n) is 7.23. The number of benzene rings is 6. The van der Waals surface area contributed by atoms with Crippen molar-refractivity contribution in [3.05, 3.63) is 139 Å². The minimum absolute atomic E-state index is 0.118. The number of aromatic nitrogens is 1. The van der Waals surface area contributed by atoms with Crippen molar-refractivity contribution in [2.45, 2.75) is 6.29 Å². The Morgan fingerprint density at radius 2 is 1.24 bits per heavy atom. The standard InChI is InChI=1S/C40H27N3S2/c1-2-9-24(10-3-1)25-17-18-31-34(23-25)43(33-20-19-29-27-12-5-7-16-36(27)45-39(29)37(31)33)40-41-22-21-32(42-40)30-14-8-13-28-26-11-4-6-15-35(26)44-38(28)30/h1-21,23,40-42H,22H2. The Balaban J connectivity index is 1.19. The first-order chi connectivity index (χ1) is 22.3. The molecule has 1 aliphatic rings. The van der Waals surface area contributed by atoms with Gasteiger partial charge in [0.2, 0.25) is 0 Å². The highest BCUT2D eigenvalue weighted by atomic mass is 32.1. The van der Waals surface area contributed by atoms with Crippen LogP contribution in [0.2, 0.25) is 0 Å². The van der Waals surface area contributed by atoms with Gasteiger partial charge in [-0.25, -0.2) is 0 Å². The van der Waals surface area contributed by atoms with Crippen LogP contribution in [0.4, 0.5) is 0 Å². The van der Waals surface area contributed by atoms with Crippen LogP contribution in [0.3, 0.4) is 0 Å². The lowest BCUT2D eigenvalue weighted by Gasteiger charge is -2.30. The minimum atomic E-state index is -0.118. The fraction of sp³-hybridized carbons (Fsp3) is 0.0500. The molecule has 3 nitrogen and oxygen atoms in total. The van der Waals surface area contributed by atoms with E-state index in [9.17, 15) is 0 Å². The third kappa shape index (κ3) is 3.78. The molecule has 0 spiro atoms. The number of hydrogen-bond donors (Lipinski definition) is 2. The zero-order valence-electron chi connectivity index (χ0n) is 24.2. The number of hydrogen-bond acceptors (Lipinski definition) is 4. The quantitative estimate of drug-likeness (QED) is 0.208. The molecule has 0 fully saturated rings. The minimum Gasteiger partial charge on any atom is -0.352 e. The maximum Gasteiger partial charge on any atom is 0.160 e. The van der Waals surface area contributed by atoms with Gasteiger partial charge in [0.1, 0.15) is 0 Å². The van der Waals surface area contributed by atoms with Gasteiger partial charge in [-0.05, 0) is 41.5 Å². The van der Waals surface area contributed by atoms with E-state index in [1.54, 1.807) is 0 Å². The van der Waals surface area contributed by atoms with Crippen molar-refractivity contribution in [1.82, 2.24) is 15.2 Å². The van der Waals surface area contributed by atoms with Crippen LogP contribution < -0.4 is 10.6 Å². The topological polar surface area (TPSA) is 29.0 Å². The van der Waals surface area contributed by atoms with Crippen LogP contribution in [0.5, 0.6) is 0 Å². The maximum atomic E-state index is 3.95. The van der Waals surface area contributed by atoms with E-state index in [1.807, 2.05) is 22.7 Å². The van der Waals surface area contributed by atoms with Crippen LogP contribution in [0.25, 0.3) is 79.0 Å². The zero-order chi connectivity index (χ0) is 29.5. The Kier molecular flexibility index (Phi) is 5.52. The summed E-state index contributed by atoms with van der Waals surface area (Å²) in [6.07, 6.45) is 2.18. The number of nitrogens with one attached hydrogen (secondary N) is 2. The normalized spacial score (nSPS) is 15.5. The van der Waals surface area contributed by atoms with Crippen molar-refractivity contribution in [3.8, 4) is 11.1 Å². The number of fused-ring (bicyclic) bond motifs is 10.